The molecular weight excluding hydrogens is 376 g/mol. The molecule has 2 fully saturated rings. The zero-order valence-corrected chi connectivity index (χ0v) is 17.1. The molecule has 0 aromatic carbocycles. The Morgan fingerprint density at radius 2 is 2.32 bits per heavy atom. The minimum Gasteiger partial charge on any atom is -0.477 e. The van der Waals surface area contributed by atoms with Crippen LogP contribution < -0.4 is 15.4 Å². The number of anilines is 1. The van der Waals surface area contributed by atoms with Gasteiger partial charge >= 0.3 is 0 Å². The minimum atomic E-state index is 0.0920. The highest BCUT2D eigenvalue weighted by atomic mass is 32.1. The van der Waals surface area contributed by atoms with Gasteiger partial charge in [0.25, 0.3) is 0 Å². The first-order valence-corrected chi connectivity index (χ1v) is 10.0. The SMILES string of the molecule is CCOc1nc(N/C(C=N)=C(\C)NC2CC3(CCCO3)C2)nc2c1ccn2S. The third kappa shape index (κ3) is 3.56. The number of ether oxygens (including phenoxy) is 2. The van der Waals surface area contributed by atoms with E-state index >= 15 is 0 Å². The highest BCUT2D eigenvalue weighted by Crippen LogP contribution is 2.43. The van der Waals surface area contributed by atoms with Crippen molar-refractivity contribution in [2.24, 2.45) is 0 Å². The lowest BCUT2D eigenvalue weighted by atomic mass is 9.74. The lowest BCUT2D eigenvalue weighted by Gasteiger charge is -2.45. The quantitative estimate of drug-likeness (QED) is 0.420. The van der Waals surface area contributed by atoms with Crippen LogP contribution in [0.15, 0.2) is 23.7 Å². The van der Waals surface area contributed by atoms with Crippen LogP contribution in [0.1, 0.15) is 39.5 Å². The molecule has 9 heteroatoms. The average Bonchev–Trinajstić information content (AvgIpc) is 3.27. The van der Waals surface area contributed by atoms with Crippen LogP contribution >= 0.6 is 12.8 Å². The van der Waals surface area contributed by atoms with Crippen molar-refractivity contribution in [3.63, 3.8) is 0 Å². The molecule has 1 saturated carbocycles. The van der Waals surface area contributed by atoms with Crippen molar-refractivity contribution < 1.29 is 9.47 Å². The normalized spacial score (nSPS) is 24.8. The summed E-state index contributed by atoms with van der Waals surface area (Å²) in [5.41, 5.74) is 2.25. The third-order valence-corrected chi connectivity index (χ3v) is 5.73. The number of rotatable bonds is 7. The van der Waals surface area contributed by atoms with E-state index in [0.29, 0.717) is 35.8 Å². The maximum Gasteiger partial charge on any atom is 0.232 e. The van der Waals surface area contributed by atoms with Crippen molar-refractivity contribution in [3.8, 4) is 5.88 Å². The van der Waals surface area contributed by atoms with Gasteiger partial charge in [-0.05, 0) is 45.6 Å². The molecule has 0 radical (unpaired) electrons. The van der Waals surface area contributed by atoms with E-state index in [1.165, 1.54) is 6.21 Å². The standard InChI is InChI=1S/C19H26N6O2S/c1-3-26-17-14-5-7-25(28)16(14)23-18(24-17)22-15(11-20)12(2)21-13-9-19(10-13)6-4-8-27-19/h5,7,11,13,20-21,28H,3-4,6,8-10H2,1-2H3,(H,22,23,24)/b15-12+,20-11?. The lowest BCUT2D eigenvalue weighted by molar-refractivity contribution is -0.0731. The molecule has 3 heterocycles. The molecule has 1 aliphatic heterocycles. The average molecular weight is 403 g/mol. The zero-order chi connectivity index (χ0) is 19.7. The van der Waals surface area contributed by atoms with Crippen LogP contribution in [-0.2, 0) is 4.74 Å². The summed E-state index contributed by atoms with van der Waals surface area (Å²) in [5, 5.41) is 15.3. The summed E-state index contributed by atoms with van der Waals surface area (Å²) in [5.74, 6) is 0.867. The van der Waals surface area contributed by atoms with Gasteiger partial charge in [0.1, 0.15) is 0 Å². The number of nitrogens with zero attached hydrogens (tertiary/aromatic N) is 3. The molecule has 0 unspecified atom stereocenters. The van der Waals surface area contributed by atoms with Gasteiger partial charge in [-0.1, -0.05) is 12.8 Å². The molecule has 1 saturated heterocycles. The molecule has 8 nitrogen and oxygen atoms in total. The minimum absolute atomic E-state index is 0.0920. The number of nitrogens with one attached hydrogen (secondary N) is 3. The van der Waals surface area contributed by atoms with E-state index in [4.69, 9.17) is 14.9 Å². The summed E-state index contributed by atoms with van der Waals surface area (Å²) < 4.78 is 13.2. The van der Waals surface area contributed by atoms with Gasteiger partial charge in [0.2, 0.25) is 11.8 Å². The molecule has 3 N–H and O–H groups in total. The first-order chi connectivity index (χ1) is 13.5. The maximum absolute atomic E-state index is 7.81. The molecule has 1 spiro atoms. The van der Waals surface area contributed by atoms with Gasteiger partial charge in [0.05, 0.1) is 23.3 Å². The van der Waals surface area contributed by atoms with Gasteiger partial charge in [0.15, 0.2) is 5.65 Å². The summed E-state index contributed by atoms with van der Waals surface area (Å²) in [6.07, 6.45) is 7.41. The second-order valence-electron chi connectivity index (χ2n) is 7.38. The molecule has 1 aliphatic carbocycles. The predicted octanol–water partition coefficient (Wildman–Crippen LogP) is 3.12. The molecule has 2 aromatic rings. The van der Waals surface area contributed by atoms with Crippen LogP contribution in [0, 0.1) is 5.41 Å². The Labute approximate surface area is 169 Å². The largest absolute Gasteiger partial charge is 0.477 e. The van der Waals surface area contributed by atoms with Gasteiger partial charge in [-0.3, -0.25) is 3.97 Å². The van der Waals surface area contributed by atoms with E-state index in [1.54, 1.807) is 10.2 Å². The number of thiol groups is 1. The second-order valence-corrected chi connectivity index (χ2v) is 7.81. The van der Waals surface area contributed by atoms with E-state index in [9.17, 15) is 0 Å². The lowest BCUT2D eigenvalue weighted by Crippen LogP contribution is -2.53. The fourth-order valence-electron chi connectivity index (χ4n) is 4.04. The Kier molecular flexibility index (Phi) is 5.20. The Balaban J connectivity index is 1.51. The van der Waals surface area contributed by atoms with Crippen molar-refractivity contribution in [3.05, 3.63) is 23.7 Å². The van der Waals surface area contributed by atoms with E-state index in [0.717, 1.165) is 43.4 Å². The van der Waals surface area contributed by atoms with Crippen molar-refractivity contribution >= 4 is 36.0 Å². The molecule has 2 aliphatic rings. The number of hydrogen-bond acceptors (Lipinski definition) is 8. The maximum atomic E-state index is 7.81. The number of aromatic nitrogens is 3. The molecule has 0 bridgehead atoms. The Morgan fingerprint density at radius 3 is 3.00 bits per heavy atom. The molecular formula is C19H26N6O2S. The zero-order valence-electron chi connectivity index (χ0n) is 16.2. The van der Waals surface area contributed by atoms with Crippen LogP contribution in [0.4, 0.5) is 5.95 Å². The summed E-state index contributed by atoms with van der Waals surface area (Å²) in [4.78, 5) is 8.99. The van der Waals surface area contributed by atoms with Crippen molar-refractivity contribution in [1.29, 1.82) is 5.41 Å². The van der Waals surface area contributed by atoms with E-state index in [1.807, 2.05) is 19.9 Å². The van der Waals surface area contributed by atoms with Gasteiger partial charge in [-0.15, -0.1) is 0 Å². The van der Waals surface area contributed by atoms with Crippen LogP contribution in [-0.4, -0.2) is 45.0 Å². The Bertz CT molecular complexity index is 911. The van der Waals surface area contributed by atoms with Crippen LogP contribution in [0.2, 0.25) is 0 Å². The Morgan fingerprint density at radius 1 is 1.50 bits per heavy atom. The third-order valence-electron chi connectivity index (χ3n) is 5.41. The fourth-order valence-corrected chi connectivity index (χ4v) is 4.26. The first-order valence-electron chi connectivity index (χ1n) is 9.63. The number of fused-ring (bicyclic) bond motifs is 1. The molecule has 2 aromatic heterocycles. The molecule has 0 amide bonds. The van der Waals surface area contributed by atoms with Crippen molar-refractivity contribution in [2.75, 3.05) is 18.5 Å². The van der Waals surface area contributed by atoms with Crippen molar-refractivity contribution in [1.82, 2.24) is 19.3 Å². The van der Waals surface area contributed by atoms with E-state index < -0.39 is 0 Å². The van der Waals surface area contributed by atoms with Gasteiger partial charge in [-0.25, -0.2) is 0 Å². The molecule has 28 heavy (non-hydrogen) atoms. The summed E-state index contributed by atoms with van der Waals surface area (Å²) in [7, 11) is 0. The van der Waals surface area contributed by atoms with Crippen LogP contribution in [0.3, 0.4) is 0 Å². The molecule has 4 rings (SSSR count). The monoisotopic (exact) mass is 402 g/mol. The predicted molar refractivity (Wildman–Crippen MR) is 112 cm³/mol. The van der Waals surface area contributed by atoms with E-state index in [-0.39, 0.29) is 5.60 Å². The van der Waals surface area contributed by atoms with Crippen molar-refractivity contribution in [2.45, 2.75) is 51.2 Å². The number of hydrogen-bond donors (Lipinski definition) is 4. The van der Waals surface area contributed by atoms with Crippen LogP contribution in [0.5, 0.6) is 5.88 Å². The Hall–Kier alpha value is -2.26. The smallest absolute Gasteiger partial charge is 0.232 e. The highest BCUT2D eigenvalue weighted by molar-refractivity contribution is 7.78. The molecule has 150 valence electrons. The fraction of sp³-hybridized carbons (Fsp3) is 0.526. The van der Waals surface area contributed by atoms with Crippen LogP contribution in [0.25, 0.3) is 11.0 Å². The van der Waals surface area contributed by atoms with Gasteiger partial charge < -0.3 is 25.5 Å². The molecule has 0 atom stereocenters. The second kappa shape index (κ2) is 7.63. The van der Waals surface area contributed by atoms with E-state index in [2.05, 4.69) is 33.4 Å². The van der Waals surface area contributed by atoms with Gasteiger partial charge in [0, 0.05) is 30.8 Å². The summed E-state index contributed by atoms with van der Waals surface area (Å²) >= 11 is 4.39. The first kappa shape index (κ1) is 19.1. The summed E-state index contributed by atoms with van der Waals surface area (Å²) in [6, 6.07) is 2.24. The summed E-state index contributed by atoms with van der Waals surface area (Å²) in [6.45, 7) is 5.25. The number of allylic oxidation sites excluding steroid dienone is 2. The highest BCUT2D eigenvalue weighted by Gasteiger charge is 2.47. The van der Waals surface area contributed by atoms with Gasteiger partial charge in [-0.2, -0.15) is 9.97 Å². The topological polar surface area (TPSA) is 97.1 Å².